The molecule has 4 aromatic carbocycles. The predicted octanol–water partition coefficient (Wildman–Crippen LogP) is 8.49. The van der Waals surface area contributed by atoms with Gasteiger partial charge in [0.1, 0.15) is 5.75 Å². The summed E-state index contributed by atoms with van der Waals surface area (Å²) in [6.45, 7) is 21.5. The van der Waals surface area contributed by atoms with Crippen LogP contribution in [-0.2, 0) is 31.3 Å². The van der Waals surface area contributed by atoms with Gasteiger partial charge in [-0.1, -0.05) is 100 Å². The van der Waals surface area contributed by atoms with Gasteiger partial charge in [0.2, 0.25) is 0 Å². The molecule has 4 rings (SSSR count). The Kier molecular flexibility index (Phi) is 15.8. The number of benzene rings is 3. The van der Waals surface area contributed by atoms with Gasteiger partial charge in [-0.2, -0.15) is 54.4 Å². The van der Waals surface area contributed by atoms with Crippen molar-refractivity contribution in [1.82, 2.24) is 0 Å². The Morgan fingerprint density at radius 2 is 1.18 bits per heavy atom. The summed E-state index contributed by atoms with van der Waals surface area (Å²) in [5.74, 6) is 1.12. The standard InChI is InChI=1S/C21H31OSi.2C9H12N.Sc/c1-8-23(9-2,17-12-10-11-13-17)19-15-16(3)14-18(20(19)22-7)21(4,5)6;2*1-8-6-4-5-7-9(8)10(2)3;/h10-15H,8-9H2,1-7H3;2*4-7H,1H2,2-3H3;/q3*-1;+3. The van der Waals surface area contributed by atoms with Gasteiger partial charge in [-0.3, -0.25) is 0 Å². The second-order valence-corrected chi connectivity index (χ2v) is 17.3. The van der Waals surface area contributed by atoms with Crippen molar-refractivity contribution in [1.29, 1.82) is 0 Å². The largest absolute Gasteiger partial charge is 3.00 e. The molecule has 0 aliphatic rings. The van der Waals surface area contributed by atoms with Crippen molar-refractivity contribution in [2.24, 2.45) is 0 Å². The van der Waals surface area contributed by atoms with Crippen LogP contribution < -0.4 is 24.9 Å². The number of nitrogens with zero attached hydrogens (tertiary/aromatic N) is 2. The molecule has 0 atom stereocenters. The van der Waals surface area contributed by atoms with Crippen LogP contribution in [0.1, 0.15) is 56.9 Å². The van der Waals surface area contributed by atoms with Gasteiger partial charge in [-0.15, -0.1) is 12.1 Å². The third kappa shape index (κ3) is 9.87. The van der Waals surface area contributed by atoms with E-state index in [1.807, 2.05) is 71.7 Å². The summed E-state index contributed by atoms with van der Waals surface area (Å²) in [4.78, 5) is 4.12. The molecule has 0 aliphatic carbocycles. The Bertz CT molecular complexity index is 1350. The number of hydrogen-bond acceptors (Lipinski definition) is 3. The minimum absolute atomic E-state index is 0. The van der Waals surface area contributed by atoms with Crippen LogP contribution in [0.5, 0.6) is 5.75 Å². The fraction of sp³-hybridized carbons (Fsp3) is 0.359. The van der Waals surface area contributed by atoms with Crippen LogP contribution in [0.2, 0.25) is 12.1 Å². The van der Waals surface area contributed by atoms with Gasteiger partial charge in [0.05, 0.1) is 15.2 Å². The van der Waals surface area contributed by atoms with Crippen molar-refractivity contribution in [3.05, 3.63) is 121 Å². The van der Waals surface area contributed by atoms with Crippen LogP contribution in [0.25, 0.3) is 0 Å². The molecule has 3 nitrogen and oxygen atoms in total. The summed E-state index contributed by atoms with van der Waals surface area (Å²) >= 11 is 0. The molecule has 0 N–H and O–H groups in total. The molecule has 0 radical (unpaired) electrons. The molecule has 0 fully saturated rings. The molecule has 0 heterocycles. The van der Waals surface area contributed by atoms with Gasteiger partial charge in [0.25, 0.3) is 0 Å². The summed E-state index contributed by atoms with van der Waals surface area (Å²) < 4.78 is 6.00. The van der Waals surface area contributed by atoms with Crippen LogP contribution in [0, 0.1) is 20.8 Å². The Hall–Kier alpha value is -2.76. The van der Waals surface area contributed by atoms with Gasteiger partial charge < -0.3 is 14.5 Å². The number of aryl methyl sites for hydroxylation is 1. The molecular weight excluding hydrogens is 585 g/mol. The number of hydrogen-bond donors (Lipinski definition) is 0. The SMILES string of the molecule is CC[Si](CC)(c1cc(C)cc(C(C)(C)C)c1OC)[c-]1cccc1.[CH2-]c1ccccc1N(C)C.[CH2-]c1ccccc1N(C)C.[Sc+3]. The quantitative estimate of drug-likeness (QED) is 0.149. The van der Waals surface area contributed by atoms with Crippen molar-refractivity contribution in [2.45, 2.75) is 59.0 Å². The first-order valence-corrected chi connectivity index (χ1v) is 17.7. The van der Waals surface area contributed by atoms with E-state index in [0.29, 0.717) is 0 Å². The van der Waals surface area contributed by atoms with Crippen LogP contribution in [0.3, 0.4) is 0 Å². The molecule has 0 aliphatic heterocycles. The fourth-order valence-electron chi connectivity index (χ4n) is 5.69. The summed E-state index contributed by atoms with van der Waals surface area (Å²) in [5.41, 5.74) is 7.28. The van der Waals surface area contributed by atoms with Gasteiger partial charge in [-0.05, 0) is 51.3 Å². The first kappa shape index (κ1) is 39.3. The van der Waals surface area contributed by atoms with Crippen LogP contribution in [0.4, 0.5) is 11.4 Å². The molecule has 0 spiro atoms. The van der Waals surface area contributed by atoms with Crippen LogP contribution in [-0.4, -0.2) is 43.4 Å². The van der Waals surface area contributed by atoms with Crippen molar-refractivity contribution in [3.63, 3.8) is 0 Å². The Labute approximate surface area is 289 Å². The number of para-hydroxylation sites is 2. The van der Waals surface area contributed by atoms with Crippen molar-refractivity contribution in [2.75, 3.05) is 45.1 Å². The average Bonchev–Trinajstić information content (AvgIpc) is 3.50. The van der Waals surface area contributed by atoms with Crippen LogP contribution >= 0.6 is 0 Å². The molecule has 0 aromatic heterocycles. The minimum atomic E-state index is -1.78. The van der Waals surface area contributed by atoms with E-state index in [0.717, 1.165) is 16.9 Å². The number of ether oxygens (including phenoxy) is 1. The Morgan fingerprint density at radius 1 is 0.750 bits per heavy atom. The van der Waals surface area contributed by atoms with E-state index in [2.05, 4.69) is 114 Å². The normalized spacial score (nSPS) is 10.8. The maximum atomic E-state index is 6.00. The van der Waals surface area contributed by atoms with Gasteiger partial charge in [-0.25, -0.2) is 12.1 Å². The maximum absolute atomic E-state index is 6.00. The number of methoxy groups -OCH3 is 1. The molecule has 0 saturated carbocycles. The van der Waals surface area contributed by atoms with Crippen molar-refractivity contribution < 1.29 is 30.6 Å². The molecule has 234 valence electrons. The molecule has 0 unspecified atom stereocenters. The topological polar surface area (TPSA) is 15.7 Å². The van der Waals surface area contributed by atoms with Gasteiger partial charge >= 0.3 is 25.8 Å². The van der Waals surface area contributed by atoms with Crippen molar-refractivity contribution in [3.8, 4) is 5.75 Å². The van der Waals surface area contributed by atoms with E-state index in [1.165, 1.54) is 45.0 Å². The monoisotopic (exact) mass is 640 g/mol. The third-order valence-electron chi connectivity index (χ3n) is 8.13. The van der Waals surface area contributed by atoms with E-state index < -0.39 is 8.07 Å². The second kappa shape index (κ2) is 17.7. The summed E-state index contributed by atoms with van der Waals surface area (Å²) in [5, 5.41) is 3.01. The van der Waals surface area contributed by atoms with E-state index >= 15 is 0 Å². The van der Waals surface area contributed by atoms with Gasteiger partial charge in [0, 0.05) is 0 Å². The number of anilines is 2. The van der Waals surface area contributed by atoms with E-state index in [1.54, 1.807) is 0 Å². The zero-order chi connectivity index (χ0) is 32.4. The fourth-order valence-corrected chi connectivity index (χ4v) is 10.1. The first-order valence-electron chi connectivity index (χ1n) is 15.3. The molecule has 0 bridgehead atoms. The summed E-state index contributed by atoms with van der Waals surface area (Å²) in [6, 6.07) is 32.3. The summed E-state index contributed by atoms with van der Waals surface area (Å²) in [6.07, 6.45) is 0. The van der Waals surface area contributed by atoms with E-state index in [9.17, 15) is 0 Å². The summed E-state index contributed by atoms with van der Waals surface area (Å²) in [7, 11) is 8.13. The van der Waals surface area contributed by atoms with E-state index in [-0.39, 0.29) is 31.3 Å². The minimum Gasteiger partial charge on any atom is -0.497 e. The molecule has 5 heteroatoms. The third-order valence-corrected chi connectivity index (χ3v) is 13.4. The zero-order valence-corrected chi connectivity index (χ0v) is 32.1. The molecule has 44 heavy (non-hydrogen) atoms. The van der Waals surface area contributed by atoms with Crippen molar-refractivity contribution >= 4 is 29.8 Å². The maximum Gasteiger partial charge on any atom is 3.00 e. The Morgan fingerprint density at radius 3 is 1.50 bits per heavy atom. The second-order valence-electron chi connectivity index (χ2n) is 12.7. The predicted molar refractivity (Wildman–Crippen MR) is 195 cm³/mol. The van der Waals surface area contributed by atoms with Crippen LogP contribution in [0.15, 0.2) is 84.9 Å². The van der Waals surface area contributed by atoms with Gasteiger partial charge in [0.15, 0.2) is 0 Å². The number of rotatable bonds is 7. The smallest absolute Gasteiger partial charge is 0.497 e. The average molecular weight is 641 g/mol. The zero-order valence-electron chi connectivity index (χ0n) is 29.3. The van der Waals surface area contributed by atoms with E-state index in [4.69, 9.17) is 4.74 Å². The first-order chi connectivity index (χ1) is 20.2. The Balaban J connectivity index is 0.000000381. The molecule has 0 amide bonds. The molecular formula is C39H55N2OScSi. The molecule has 0 saturated heterocycles. The molecule has 4 aromatic rings.